The molecule has 4 nitrogen and oxygen atoms in total. The van der Waals surface area contributed by atoms with Gasteiger partial charge in [-0.25, -0.2) is 0 Å². The molecule has 23 heavy (non-hydrogen) atoms. The first-order chi connectivity index (χ1) is 11.0. The van der Waals surface area contributed by atoms with Crippen LogP contribution in [-0.2, 0) is 0 Å². The van der Waals surface area contributed by atoms with E-state index in [2.05, 4.69) is 47.4 Å². The van der Waals surface area contributed by atoms with E-state index < -0.39 is 0 Å². The van der Waals surface area contributed by atoms with E-state index in [0.29, 0.717) is 0 Å². The van der Waals surface area contributed by atoms with E-state index in [0.717, 1.165) is 23.9 Å². The van der Waals surface area contributed by atoms with Gasteiger partial charge in [-0.05, 0) is 65.6 Å². The third kappa shape index (κ3) is 4.68. The molecule has 0 aliphatic carbocycles. The van der Waals surface area contributed by atoms with E-state index in [-0.39, 0.29) is 0 Å². The van der Waals surface area contributed by atoms with Crippen molar-refractivity contribution in [2.75, 3.05) is 66.0 Å². The van der Waals surface area contributed by atoms with Gasteiger partial charge < -0.3 is 14.7 Å². The lowest BCUT2D eigenvalue weighted by Gasteiger charge is -2.47. The van der Waals surface area contributed by atoms with Crippen LogP contribution in [0.1, 0.15) is 33.6 Å². The summed E-state index contributed by atoms with van der Waals surface area (Å²) in [6, 6.07) is 1.47. The summed E-state index contributed by atoms with van der Waals surface area (Å²) in [4.78, 5) is 10.6. The lowest BCUT2D eigenvalue weighted by Crippen LogP contribution is -2.58. The molecule has 1 atom stereocenters. The summed E-state index contributed by atoms with van der Waals surface area (Å²) in [7, 11) is 2.26. The first-order valence-electron chi connectivity index (χ1n) is 9.90. The third-order valence-corrected chi connectivity index (χ3v) is 6.41. The number of hydrogen-bond acceptors (Lipinski definition) is 4. The maximum absolute atomic E-state index is 2.77. The molecule has 0 N–H and O–H groups in total. The molecule has 4 heteroatoms. The van der Waals surface area contributed by atoms with Crippen molar-refractivity contribution in [1.82, 2.24) is 19.6 Å². The van der Waals surface area contributed by atoms with Crippen LogP contribution in [0.2, 0.25) is 0 Å². The number of piperidine rings is 1. The van der Waals surface area contributed by atoms with Crippen molar-refractivity contribution >= 4 is 0 Å². The fraction of sp³-hybridized carbons (Fsp3) is 1.00. The maximum Gasteiger partial charge on any atom is 0.0195 e. The van der Waals surface area contributed by atoms with Gasteiger partial charge in [0.2, 0.25) is 0 Å². The average molecular weight is 323 g/mol. The van der Waals surface area contributed by atoms with Gasteiger partial charge >= 0.3 is 0 Å². The molecule has 3 aliphatic heterocycles. The van der Waals surface area contributed by atoms with Gasteiger partial charge in [0.25, 0.3) is 0 Å². The Hall–Kier alpha value is -0.160. The van der Waals surface area contributed by atoms with Crippen LogP contribution in [-0.4, -0.2) is 97.6 Å². The molecule has 3 aliphatic rings. The van der Waals surface area contributed by atoms with Crippen LogP contribution in [0, 0.1) is 11.8 Å². The molecule has 3 rings (SSSR count). The van der Waals surface area contributed by atoms with E-state index in [1.165, 1.54) is 71.7 Å². The van der Waals surface area contributed by atoms with Crippen molar-refractivity contribution in [2.24, 2.45) is 11.8 Å². The predicted molar refractivity (Wildman–Crippen MR) is 97.9 cm³/mol. The summed E-state index contributed by atoms with van der Waals surface area (Å²) in [5, 5.41) is 0. The minimum Gasteiger partial charge on any atom is -0.306 e. The lowest BCUT2D eigenvalue weighted by molar-refractivity contribution is 0.0102. The number of nitrogens with zero attached hydrogens (tertiary/aromatic N) is 4. The molecule has 0 radical (unpaired) electrons. The fourth-order valence-electron chi connectivity index (χ4n) is 4.60. The summed E-state index contributed by atoms with van der Waals surface area (Å²) in [6.07, 6.45) is 2.80. The van der Waals surface area contributed by atoms with Gasteiger partial charge in [0.05, 0.1) is 0 Å². The Morgan fingerprint density at radius 1 is 0.870 bits per heavy atom. The Balaban J connectivity index is 1.36. The summed E-state index contributed by atoms with van der Waals surface area (Å²) in [5.41, 5.74) is 0. The minimum atomic E-state index is 0.733. The number of rotatable bonds is 5. The van der Waals surface area contributed by atoms with Crippen LogP contribution in [0.15, 0.2) is 0 Å². The van der Waals surface area contributed by atoms with Crippen molar-refractivity contribution in [2.45, 2.75) is 45.7 Å². The van der Waals surface area contributed by atoms with Crippen LogP contribution in [0.3, 0.4) is 0 Å². The molecule has 3 heterocycles. The van der Waals surface area contributed by atoms with Crippen molar-refractivity contribution in [3.63, 3.8) is 0 Å². The normalized spacial score (nSPS) is 30.9. The zero-order chi connectivity index (χ0) is 16.4. The molecule has 3 saturated heterocycles. The molecular formula is C19H38N4. The molecular weight excluding hydrogens is 284 g/mol. The van der Waals surface area contributed by atoms with Crippen LogP contribution in [0.5, 0.6) is 0 Å². The molecule has 0 spiro atoms. The van der Waals surface area contributed by atoms with E-state index in [9.17, 15) is 0 Å². The van der Waals surface area contributed by atoms with Crippen LogP contribution in [0.4, 0.5) is 0 Å². The first-order valence-corrected chi connectivity index (χ1v) is 9.90. The molecule has 0 saturated carbocycles. The minimum absolute atomic E-state index is 0.733. The lowest BCUT2D eigenvalue weighted by atomic mass is 9.95. The first kappa shape index (κ1) is 17.7. The van der Waals surface area contributed by atoms with Gasteiger partial charge in [-0.15, -0.1) is 0 Å². The summed E-state index contributed by atoms with van der Waals surface area (Å²) in [5.74, 6) is 1.86. The van der Waals surface area contributed by atoms with Gasteiger partial charge in [-0.1, -0.05) is 0 Å². The van der Waals surface area contributed by atoms with Crippen LogP contribution in [0.25, 0.3) is 0 Å². The molecule has 0 aromatic carbocycles. The van der Waals surface area contributed by atoms with Gasteiger partial charge in [-0.2, -0.15) is 0 Å². The van der Waals surface area contributed by atoms with Crippen LogP contribution < -0.4 is 0 Å². The molecule has 3 fully saturated rings. The molecule has 0 amide bonds. The van der Waals surface area contributed by atoms with Gasteiger partial charge in [0.1, 0.15) is 0 Å². The Morgan fingerprint density at radius 3 is 2.17 bits per heavy atom. The molecule has 0 aromatic heterocycles. The number of piperazine rings is 1. The summed E-state index contributed by atoms with van der Waals surface area (Å²) >= 11 is 0. The van der Waals surface area contributed by atoms with Gasteiger partial charge in [-0.3, -0.25) is 4.90 Å². The average Bonchev–Trinajstić information content (AvgIpc) is 2.47. The second kappa shape index (κ2) is 7.81. The monoisotopic (exact) mass is 322 g/mol. The topological polar surface area (TPSA) is 13.0 Å². The maximum atomic E-state index is 2.77. The van der Waals surface area contributed by atoms with Crippen molar-refractivity contribution < 1.29 is 0 Å². The summed E-state index contributed by atoms with van der Waals surface area (Å²) < 4.78 is 0. The Morgan fingerprint density at radius 2 is 1.57 bits per heavy atom. The fourth-order valence-corrected chi connectivity index (χ4v) is 4.60. The van der Waals surface area contributed by atoms with E-state index in [1.54, 1.807) is 0 Å². The zero-order valence-corrected chi connectivity index (χ0v) is 15.9. The largest absolute Gasteiger partial charge is 0.306 e. The number of likely N-dealkylation sites (tertiary alicyclic amines) is 2. The Labute approximate surface area is 143 Å². The summed E-state index contributed by atoms with van der Waals surface area (Å²) in [6.45, 7) is 18.9. The standard InChI is InChI=1S/C19H38N4/c1-16(2)23-14-19(15-23)12-21-9-10-22(17(3)11-21)13-18-5-7-20(4)8-6-18/h16-19H,5-15H2,1-4H3. The van der Waals surface area contributed by atoms with E-state index >= 15 is 0 Å². The van der Waals surface area contributed by atoms with Crippen molar-refractivity contribution in [3.8, 4) is 0 Å². The molecule has 0 bridgehead atoms. The molecule has 134 valence electrons. The third-order valence-electron chi connectivity index (χ3n) is 6.41. The quantitative estimate of drug-likeness (QED) is 0.763. The highest BCUT2D eigenvalue weighted by molar-refractivity contribution is 4.88. The van der Waals surface area contributed by atoms with Gasteiger partial charge in [0, 0.05) is 57.9 Å². The second-order valence-corrected chi connectivity index (χ2v) is 8.76. The van der Waals surface area contributed by atoms with Crippen molar-refractivity contribution in [3.05, 3.63) is 0 Å². The number of hydrogen-bond donors (Lipinski definition) is 0. The SMILES string of the molecule is CC(C)N1CC(CN2CCN(CC3CCN(C)CC3)C(C)C2)C1. The highest BCUT2D eigenvalue weighted by Crippen LogP contribution is 2.23. The zero-order valence-electron chi connectivity index (χ0n) is 15.9. The highest BCUT2D eigenvalue weighted by Gasteiger charge is 2.32. The molecule has 1 unspecified atom stereocenters. The Kier molecular flexibility index (Phi) is 6.00. The van der Waals surface area contributed by atoms with Crippen LogP contribution >= 0.6 is 0 Å². The van der Waals surface area contributed by atoms with E-state index in [4.69, 9.17) is 0 Å². The predicted octanol–water partition coefficient (Wildman–Crippen LogP) is 1.67. The van der Waals surface area contributed by atoms with Gasteiger partial charge in [0.15, 0.2) is 0 Å². The van der Waals surface area contributed by atoms with E-state index in [1.807, 2.05) is 0 Å². The Bertz CT molecular complexity index is 358. The molecule has 0 aromatic rings. The highest BCUT2D eigenvalue weighted by atomic mass is 15.3. The smallest absolute Gasteiger partial charge is 0.0195 e. The second-order valence-electron chi connectivity index (χ2n) is 8.76. The van der Waals surface area contributed by atoms with Crippen molar-refractivity contribution in [1.29, 1.82) is 0 Å².